The Morgan fingerprint density at radius 3 is 2.26 bits per heavy atom. The lowest BCUT2D eigenvalue weighted by Gasteiger charge is -2.16. The number of nitrogens with one attached hydrogen (secondary N) is 2. The van der Waals surface area contributed by atoms with E-state index in [0.717, 1.165) is 24.4 Å². The number of anilines is 2. The summed E-state index contributed by atoms with van der Waals surface area (Å²) in [6.07, 6.45) is 11.5. The van der Waals surface area contributed by atoms with Crippen molar-refractivity contribution in [2.24, 2.45) is 0 Å². The Hall–Kier alpha value is -2.68. The minimum atomic E-state index is -0.498. The molecule has 2 aromatic rings. The summed E-state index contributed by atoms with van der Waals surface area (Å²) in [7, 11) is 0. The zero-order chi connectivity index (χ0) is 18.5. The molecular weight excluding hydrogens is 336 g/mol. The monoisotopic (exact) mass is 362 g/mol. The van der Waals surface area contributed by atoms with Crippen molar-refractivity contribution in [3.63, 3.8) is 0 Å². The molecule has 2 heterocycles. The summed E-state index contributed by atoms with van der Waals surface area (Å²) >= 11 is 0. The fourth-order valence-corrected chi connectivity index (χ4v) is 4.11. The van der Waals surface area contributed by atoms with Crippen LogP contribution in [0.25, 0.3) is 0 Å². The van der Waals surface area contributed by atoms with Crippen molar-refractivity contribution in [2.75, 3.05) is 10.6 Å². The van der Waals surface area contributed by atoms with Crippen molar-refractivity contribution < 1.29 is 0 Å². The molecule has 2 aromatic heterocycles. The number of aromatic nitrogens is 3. The number of nitriles is 1. The molecule has 6 nitrogen and oxygen atoms in total. The standard InChI is InChI=1S/C21H26N6/c22-14-17(18-10-5-11-20(26-18)24-15-6-1-2-7-15)19-12-13-23-21(27-19)25-16-8-3-4-9-16/h5,10-13,15-17H,1-4,6-9H2,(H,24,26)(H,23,25,27). The lowest BCUT2D eigenvalue weighted by atomic mass is 10.0. The summed E-state index contributed by atoms with van der Waals surface area (Å²) in [4.78, 5) is 13.6. The molecule has 1 atom stereocenters. The highest BCUT2D eigenvalue weighted by Gasteiger charge is 2.21. The van der Waals surface area contributed by atoms with E-state index in [2.05, 4.69) is 26.7 Å². The average Bonchev–Trinajstić information content (AvgIpc) is 3.37. The molecule has 1 unspecified atom stereocenters. The lowest BCUT2D eigenvalue weighted by molar-refractivity contribution is 0.739. The smallest absolute Gasteiger partial charge is 0.223 e. The van der Waals surface area contributed by atoms with E-state index in [9.17, 15) is 5.26 Å². The maximum absolute atomic E-state index is 9.79. The quantitative estimate of drug-likeness (QED) is 0.799. The molecule has 2 saturated carbocycles. The van der Waals surface area contributed by atoms with Gasteiger partial charge in [-0.05, 0) is 43.9 Å². The van der Waals surface area contributed by atoms with E-state index >= 15 is 0 Å². The van der Waals surface area contributed by atoms with Crippen molar-refractivity contribution in [1.82, 2.24) is 15.0 Å². The van der Waals surface area contributed by atoms with Crippen LogP contribution in [0, 0.1) is 11.3 Å². The molecule has 0 saturated heterocycles. The fourth-order valence-electron chi connectivity index (χ4n) is 4.11. The summed E-state index contributed by atoms with van der Waals surface area (Å²) in [6.45, 7) is 0. The first-order valence-electron chi connectivity index (χ1n) is 10.0. The van der Waals surface area contributed by atoms with Gasteiger partial charge in [-0.25, -0.2) is 15.0 Å². The van der Waals surface area contributed by atoms with Gasteiger partial charge in [0.2, 0.25) is 5.95 Å². The van der Waals surface area contributed by atoms with Gasteiger partial charge in [0.1, 0.15) is 11.7 Å². The highest BCUT2D eigenvalue weighted by Crippen LogP contribution is 2.26. The van der Waals surface area contributed by atoms with Crippen LogP contribution in [0.15, 0.2) is 30.5 Å². The maximum atomic E-state index is 9.79. The van der Waals surface area contributed by atoms with E-state index < -0.39 is 5.92 Å². The zero-order valence-electron chi connectivity index (χ0n) is 15.6. The Kier molecular flexibility index (Phi) is 5.47. The maximum Gasteiger partial charge on any atom is 0.223 e. The Morgan fingerprint density at radius 2 is 1.56 bits per heavy atom. The molecule has 0 aromatic carbocycles. The third-order valence-electron chi connectivity index (χ3n) is 5.56. The normalized spacial score (nSPS) is 18.9. The average molecular weight is 362 g/mol. The summed E-state index contributed by atoms with van der Waals surface area (Å²) in [5.41, 5.74) is 1.42. The largest absolute Gasteiger partial charge is 0.367 e. The Morgan fingerprint density at radius 1 is 0.889 bits per heavy atom. The topological polar surface area (TPSA) is 86.5 Å². The van der Waals surface area contributed by atoms with Crippen molar-refractivity contribution in [3.8, 4) is 6.07 Å². The third kappa shape index (κ3) is 4.36. The summed E-state index contributed by atoms with van der Waals surface area (Å²) in [6, 6.07) is 11.0. The molecular formula is C21H26N6. The van der Waals surface area contributed by atoms with Crippen molar-refractivity contribution >= 4 is 11.8 Å². The van der Waals surface area contributed by atoms with Crippen LogP contribution in [0.5, 0.6) is 0 Å². The Balaban J connectivity index is 1.52. The predicted molar refractivity (Wildman–Crippen MR) is 105 cm³/mol. The molecule has 0 spiro atoms. The molecule has 6 heteroatoms. The first kappa shape index (κ1) is 17.7. The molecule has 27 heavy (non-hydrogen) atoms. The van der Waals surface area contributed by atoms with Crippen molar-refractivity contribution in [2.45, 2.75) is 69.4 Å². The van der Waals surface area contributed by atoms with Gasteiger partial charge in [0.25, 0.3) is 0 Å². The van der Waals surface area contributed by atoms with E-state index in [0.29, 0.717) is 23.7 Å². The lowest BCUT2D eigenvalue weighted by Crippen LogP contribution is -2.18. The second-order valence-corrected chi connectivity index (χ2v) is 7.57. The van der Waals surface area contributed by atoms with Crippen LogP contribution in [0.4, 0.5) is 11.8 Å². The van der Waals surface area contributed by atoms with Gasteiger partial charge in [-0.2, -0.15) is 5.26 Å². The number of hydrogen-bond donors (Lipinski definition) is 2. The molecule has 2 N–H and O–H groups in total. The first-order chi connectivity index (χ1) is 13.3. The summed E-state index contributed by atoms with van der Waals surface area (Å²) < 4.78 is 0. The van der Waals surface area contributed by atoms with Crippen LogP contribution in [-0.2, 0) is 0 Å². The van der Waals surface area contributed by atoms with Crippen LogP contribution in [0.1, 0.15) is 68.7 Å². The van der Waals surface area contributed by atoms with Gasteiger partial charge in [0, 0.05) is 18.3 Å². The van der Waals surface area contributed by atoms with Gasteiger partial charge < -0.3 is 10.6 Å². The van der Waals surface area contributed by atoms with E-state index in [1.54, 1.807) is 6.20 Å². The summed E-state index contributed by atoms with van der Waals surface area (Å²) in [5.74, 6) is 0.959. The van der Waals surface area contributed by atoms with Crippen molar-refractivity contribution in [3.05, 3.63) is 41.9 Å². The highest BCUT2D eigenvalue weighted by atomic mass is 15.1. The summed E-state index contributed by atoms with van der Waals surface area (Å²) in [5, 5.41) is 16.7. The number of rotatable bonds is 6. The molecule has 2 aliphatic carbocycles. The van der Waals surface area contributed by atoms with Gasteiger partial charge in [-0.1, -0.05) is 31.7 Å². The van der Waals surface area contributed by atoms with E-state index in [1.807, 2.05) is 24.3 Å². The van der Waals surface area contributed by atoms with Gasteiger partial charge in [-0.15, -0.1) is 0 Å². The molecule has 0 bridgehead atoms. The van der Waals surface area contributed by atoms with Crippen LogP contribution >= 0.6 is 0 Å². The Bertz CT molecular complexity index is 741. The molecule has 4 rings (SSSR count). The van der Waals surface area contributed by atoms with Gasteiger partial charge in [0.05, 0.1) is 17.5 Å². The first-order valence-corrected chi connectivity index (χ1v) is 10.0. The van der Waals surface area contributed by atoms with Gasteiger partial charge in [0.15, 0.2) is 0 Å². The second-order valence-electron chi connectivity index (χ2n) is 7.57. The van der Waals surface area contributed by atoms with Gasteiger partial charge >= 0.3 is 0 Å². The molecule has 0 amide bonds. The van der Waals surface area contributed by atoms with Crippen LogP contribution in [0.2, 0.25) is 0 Å². The van der Waals surface area contributed by atoms with E-state index in [1.165, 1.54) is 38.5 Å². The van der Waals surface area contributed by atoms with E-state index in [4.69, 9.17) is 4.98 Å². The zero-order valence-corrected chi connectivity index (χ0v) is 15.6. The Labute approximate surface area is 160 Å². The van der Waals surface area contributed by atoms with Crippen molar-refractivity contribution in [1.29, 1.82) is 5.26 Å². The van der Waals surface area contributed by atoms with Crippen LogP contribution in [0.3, 0.4) is 0 Å². The third-order valence-corrected chi connectivity index (χ3v) is 5.56. The van der Waals surface area contributed by atoms with Gasteiger partial charge in [-0.3, -0.25) is 0 Å². The minimum absolute atomic E-state index is 0.442. The molecule has 2 aliphatic rings. The molecule has 0 radical (unpaired) electrons. The predicted octanol–water partition coefficient (Wildman–Crippen LogP) is 4.24. The molecule has 0 aliphatic heterocycles. The molecule has 140 valence electrons. The SMILES string of the molecule is N#CC(c1cccc(NC2CCCC2)n1)c1ccnc(NC2CCCC2)n1. The number of pyridine rings is 1. The van der Waals surface area contributed by atoms with Crippen LogP contribution in [-0.4, -0.2) is 27.0 Å². The second kappa shape index (κ2) is 8.34. The highest BCUT2D eigenvalue weighted by molar-refractivity contribution is 5.41. The minimum Gasteiger partial charge on any atom is -0.367 e. The number of hydrogen-bond acceptors (Lipinski definition) is 6. The van der Waals surface area contributed by atoms with E-state index in [-0.39, 0.29) is 0 Å². The van der Waals surface area contributed by atoms with Crippen LogP contribution < -0.4 is 10.6 Å². The molecule has 2 fully saturated rings. The fraction of sp³-hybridized carbons (Fsp3) is 0.524. The number of nitrogens with zero attached hydrogens (tertiary/aromatic N) is 4.